The fraction of sp³-hybridized carbons (Fsp3) is 0.0909. The number of benzene rings is 2. The molecule has 0 spiro atoms. The van der Waals surface area contributed by atoms with Crippen molar-refractivity contribution in [3.8, 4) is 5.69 Å². The lowest BCUT2D eigenvalue weighted by atomic mass is 10.1. The van der Waals surface area contributed by atoms with Crippen LogP contribution in [0.5, 0.6) is 0 Å². The lowest BCUT2D eigenvalue weighted by Crippen LogP contribution is -2.26. The van der Waals surface area contributed by atoms with Gasteiger partial charge in [0.05, 0.1) is 22.8 Å². The van der Waals surface area contributed by atoms with E-state index in [-0.39, 0.29) is 11.6 Å². The highest BCUT2D eigenvalue weighted by molar-refractivity contribution is 14.1. The van der Waals surface area contributed by atoms with Crippen molar-refractivity contribution in [3.63, 3.8) is 0 Å². The Morgan fingerprint density at radius 2 is 1.94 bits per heavy atom. The Balaban J connectivity index is 1.71. The average Bonchev–Trinajstić information content (AvgIpc) is 3.22. The first-order valence-corrected chi connectivity index (χ1v) is 11.0. The van der Waals surface area contributed by atoms with Crippen molar-refractivity contribution >= 4 is 61.9 Å². The Hall–Kier alpha value is -2.98. The van der Waals surface area contributed by atoms with Crippen molar-refractivity contribution in [2.75, 3.05) is 5.32 Å². The number of H-pyrrole nitrogens is 1. The number of aromatic amines is 1. The van der Waals surface area contributed by atoms with Gasteiger partial charge in [-0.3, -0.25) is 9.36 Å². The number of anilines is 1. The Labute approximate surface area is 195 Å². The Kier molecular flexibility index (Phi) is 5.11. The van der Waals surface area contributed by atoms with Gasteiger partial charge >= 0.3 is 0 Å². The highest BCUT2D eigenvalue weighted by Gasteiger charge is 2.19. The zero-order chi connectivity index (χ0) is 21.5. The Bertz CT molecular complexity index is 1480. The van der Waals surface area contributed by atoms with Gasteiger partial charge in [-0.15, -0.1) is 0 Å². The van der Waals surface area contributed by atoms with Crippen LogP contribution in [0, 0.1) is 3.83 Å². The normalized spacial score (nSPS) is 12.4. The molecule has 0 radical (unpaired) electrons. The number of hydrogen-bond donors (Lipinski definition) is 2. The van der Waals surface area contributed by atoms with Crippen LogP contribution in [0.25, 0.3) is 27.6 Å². The minimum atomic E-state index is -0.262. The summed E-state index contributed by atoms with van der Waals surface area (Å²) in [6, 6.07) is 16.7. The van der Waals surface area contributed by atoms with E-state index in [1.165, 1.54) is 0 Å². The molecule has 0 bridgehead atoms. The fourth-order valence-electron chi connectivity index (χ4n) is 3.69. The van der Waals surface area contributed by atoms with Crippen LogP contribution >= 0.6 is 34.2 Å². The second-order valence-electron chi connectivity index (χ2n) is 7.06. The third-order valence-corrected chi connectivity index (χ3v) is 5.88. The van der Waals surface area contributed by atoms with Crippen molar-refractivity contribution in [3.05, 3.63) is 85.8 Å². The van der Waals surface area contributed by atoms with Crippen LogP contribution in [0.2, 0.25) is 5.02 Å². The average molecular weight is 543 g/mol. The van der Waals surface area contributed by atoms with Crippen LogP contribution in [-0.2, 0) is 0 Å². The van der Waals surface area contributed by atoms with Crippen LogP contribution in [0.4, 0.5) is 5.82 Å². The van der Waals surface area contributed by atoms with Crippen molar-refractivity contribution in [2.24, 2.45) is 0 Å². The summed E-state index contributed by atoms with van der Waals surface area (Å²) in [5, 5.41) is 5.13. The molecule has 0 aliphatic heterocycles. The number of fused-ring (bicyclic) bond motifs is 2. The summed E-state index contributed by atoms with van der Waals surface area (Å²) in [6.45, 7) is 1.98. The van der Waals surface area contributed by atoms with Gasteiger partial charge in [0.25, 0.3) is 5.56 Å². The van der Waals surface area contributed by atoms with E-state index >= 15 is 0 Å². The monoisotopic (exact) mass is 542 g/mol. The molecular weight excluding hydrogens is 527 g/mol. The first-order chi connectivity index (χ1) is 15.0. The summed E-state index contributed by atoms with van der Waals surface area (Å²) >= 11 is 8.46. The molecule has 0 unspecified atom stereocenters. The number of hydrogen-bond acceptors (Lipinski definition) is 5. The van der Waals surface area contributed by atoms with Gasteiger partial charge in [0.2, 0.25) is 0 Å². The minimum absolute atomic E-state index is 0.167. The topological polar surface area (TPSA) is 88.5 Å². The molecule has 2 N–H and O–H groups in total. The summed E-state index contributed by atoms with van der Waals surface area (Å²) < 4.78 is 2.29. The number of nitrogens with one attached hydrogen (secondary N) is 2. The molecule has 7 nitrogen and oxygen atoms in total. The van der Waals surface area contributed by atoms with Gasteiger partial charge in [-0.25, -0.2) is 15.0 Å². The second kappa shape index (κ2) is 7.93. The number of halogens is 2. The van der Waals surface area contributed by atoms with Crippen molar-refractivity contribution < 1.29 is 0 Å². The van der Waals surface area contributed by atoms with Crippen LogP contribution < -0.4 is 10.9 Å². The molecule has 5 aromatic rings. The highest BCUT2D eigenvalue weighted by Crippen LogP contribution is 2.28. The number of pyridine rings is 1. The zero-order valence-electron chi connectivity index (χ0n) is 16.3. The van der Waals surface area contributed by atoms with E-state index in [0.717, 1.165) is 16.8 Å². The molecule has 0 aliphatic rings. The Morgan fingerprint density at radius 3 is 2.74 bits per heavy atom. The summed E-state index contributed by atoms with van der Waals surface area (Å²) in [5.74, 6) is 0.599. The molecule has 3 aromatic heterocycles. The van der Waals surface area contributed by atoms with E-state index in [2.05, 4.69) is 47.8 Å². The van der Waals surface area contributed by atoms with E-state index in [4.69, 9.17) is 11.6 Å². The highest BCUT2D eigenvalue weighted by atomic mass is 127. The number of imidazole rings is 1. The second-order valence-corrected chi connectivity index (χ2v) is 8.43. The van der Waals surface area contributed by atoms with Gasteiger partial charge in [0.1, 0.15) is 5.52 Å². The van der Waals surface area contributed by atoms with Crippen LogP contribution in [0.15, 0.2) is 65.7 Å². The van der Waals surface area contributed by atoms with Crippen molar-refractivity contribution in [1.29, 1.82) is 0 Å². The third kappa shape index (κ3) is 3.55. The van der Waals surface area contributed by atoms with Gasteiger partial charge in [0, 0.05) is 34.0 Å². The lowest BCUT2D eigenvalue weighted by molar-refractivity contribution is 0.773. The van der Waals surface area contributed by atoms with Crippen LogP contribution in [0.1, 0.15) is 18.7 Å². The largest absolute Gasteiger partial charge is 0.360 e. The van der Waals surface area contributed by atoms with Crippen molar-refractivity contribution in [2.45, 2.75) is 13.0 Å². The van der Waals surface area contributed by atoms with E-state index < -0.39 is 0 Å². The molecule has 5 rings (SSSR count). The number of nitrogens with zero attached hydrogens (tertiary/aromatic N) is 4. The van der Waals surface area contributed by atoms with Crippen molar-refractivity contribution in [1.82, 2.24) is 24.5 Å². The molecule has 0 amide bonds. The number of rotatable bonds is 4. The van der Waals surface area contributed by atoms with E-state index in [1.807, 2.05) is 55.5 Å². The maximum absolute atomic E-state index is 13.6. The number of aromatic nitrogens is 5. The van der Waals surface area contributed by atoms with Gasteiger partial charge in [-0.2, -0.15) is 0 Å². The summed E-state index contributed by atoms with van der Waals surface area (Å²) in [4.78, 5) is 29.8. The molecule has 3 heterocycles. The third-order valence-electron chi connectivity index (χ3n) is 5.09. The first-order valence-electron chi connectivity index (χ1n) is 9.55. The summed E-state index contributed by atoms with van der Waals surface area (Å²) in [5.41, 5.74) is 2.67. The molecule has 9 heteroatoms. The summed E-state index contributed by atoms with van der Waals surface area (Å²) in [6.07, 6.45) is 1.59. The SMILES string of the molecule is C[C@H](Nc1nc(I)nc2[nH]cnc12)c1cc2cccc(Cl)c2c(=O)n1-c1ccccc1. The van der Waals surface area contributed by atoms with E-state index in [0.29, 0.717) is 31.2 Å². The van der Waals surface area contributed by atoms with Gasteiger partial charge in [0.15, 0.2) is 15.3 Å². The first kappa shape index (κ1) is 20.0. The van der Waals surface area contributed by atoms with Crippen LogP contribution in [-0.4, -0.2) is 24.5 Å². The van der Waals surface area contributed by atoms with Gasteiger partial charge < -0.3 is 10.3 Å². The van der Waals surface area contributed by atoms with Gasteiger partial charge in [-0.05, 0) is 36.6 Å². The minimum Gasteiger partial charge on any atom is -0.360 e. The molecule has 1 atom stereocenters. The molecule has 2 aromatic carbocycles. The van der Waals surface area contributed by atoms with E-state index in [1.54, 1.807) is 17.0 Å². The fourth-order valence-corrected chi connectivity index (χ4v) is 4.43. The predicted octanol–water partition coefficient (Wildman–Crippen LogP) is 5.09. The molecule has 31 heavy (non-hydrogen) atoms. The standard InChI is InChI=1S/C22H16ClIN6O/c1-12(27-20-18-19(26-11-25-18)28-22(24)29-20)16-10-13-6-5-9-15(23)17(13)21(31)30(16)14-7-3-2-4-8-14/h2-12H,1H3,(H2,25,26,27,28,29)/t12-/m0/s1. The number of para-hydroxylation sites is 1. The van der Waals surface area contributed by atoms with Crippen LogP contribution in [0.3, 0.4) is 0 Å². The lowest BCUT2D eigenvalue weighted by Gasteiger charge is -2.21. The molecule has 0 saturated carbocycles. The zero-order valence-corrected chi connectivity index (χ0v) is 19.2. The molecule has 154 valence electrons. The predicted molar refractivity (Wildman–Crippen MR) is 131 cm³/mol. The maximum Gasteiger partial charge on any atom is 0.264 e. The smallest absolute Gasteiger partial charge is 0.264 e. The molecule has 0 saturated heterocycles. The molecule has 0 fully saturated rings. The maximum atomic E-state index is 13.6. The molecule has 0 aliphatic carbocycles. The quantitative estimate of drug-likeness (QED) is 0.244. The van der Waals surface area contributed by atoms with E-state index in [9.17, 15) is 4.79 Å². The molecular formula is C22H16ClIN6O. The van der Waals surface area contributed by atoms with Gasteiger partial charge in [-0.1, -0.05) is 41.9 Å². The summed E-state index contributed by atoms with van der Waals surface area (Å²) in [7, 11) is 0. The Morgan fingerprint density at radius 1 is 1.13 bits per heavy atom.